The number of ether oxygens (including phenoxy) is 1. The van der Waals surface area contributed by atoms with Gasteiger partial charge in [-0.3, -0.25) is 0 Å². The van der Waals surface area contributed by atoms with Crippen LogP contribution in [0.15, 0.2) is 0 Å². The zero-order valence-corrected chi connectivity index (χ0v) is 9.18. The van der Waals surface area contributed by atoms with E-state index in [-0.39, 0.29) is 0 Å². The van der Waals surface area contributed by atoms with Crippen molar-refractivity contribution in [2.45, 2.75) is 39.2 Å². The molecule has 0 heterocycles. The van der Waals surface area contributed by atoms with Crippen LogP contribution in [0.4, 0.5) is 0 Å². The van der Waals surface area contributed by atoms with Gasteiger partial charge in [0.1, 0.15) is 0 Å². The van der Waals surface area contributed by atoms with Gasteiger partial charge in [0.15, 0.2) is 0 Å². The number of hydrogen-bond acceptors (Lipinski definition) is 2. The number of nitrogens with one attached hydrogen (secondary N) is 1. The summed E-state index contributed by atoms with van der Waals surface area (Å²) in [6.07, 6.45) is 4.28. The van der Waals surface area contributed by atoms with Gasteiger partial charge in [0.25, 0.3) is 0 Å². The summed E-state index contributed by atoms with van der Waals surface area (Å²) in [6, 6.07) is 0.687. The molecule has 1 saturated carbocycles. The third-order valence-corrected chi connectivity index (χ3v) is 2.65. The minimum atomic E-state index is 0.631. The van der Waals surface area contributed by atoms with Crippen molar-refractivity contribution < 1.29 is 4.74 Å². The Kier molecular flexibility index (Phi) is 4.74. The molecule has 0 aromatic rings. The van der Waals surface area contributed by atoms with Crippen molar-refractivity contribution in [3.63, 3.8) is 0 Å². The highest BCUT2D eigenvalue weighted by molar-refractivity contribution is 4.78. The molecule has 0 amide bonds. The molecule has 2 unspecified atom stereocenters. The maximum Gasteiger partial charge on any atom is 0.0499 e. The Hall–Kier alpha value is -0.0800. The Labute approximate surface area is 82.0 Å². The third kappa shape index (κ3) is 5.27. The van der Waals surface area contributed by atoms with Gasteiger partial charge < -0.3 is 10.1 Å². The molecule has 0 saturated heterocycles. The molecule has 0 radical (unpaired) electrons. The lowest BCUT2D eigenvalue weighted by Gasteiger charge is -2.16. The van der Waals surface area contributed by atoms with Crippen molar-refractivity contribution in [2.75, 3.05) is 20.3 Å². The van der Waals surface area contributed by atoms with Gasteiger partial charge in [-0.15, -0.1) is 0 Å². The summed E-state index contributed by atoms with van der Waals surface area (Å²) in [5.74, 6) is 1.66. The first-order valence-corrected chi connectivity index (χ1v) is 5.44. The Morgan fingerprint density at radius 3 is 2.62 bits per heavy atom. The molecule has 0 aromatic heterocycles. The molecule has 78 valence electrons. The fourth-order valence-corrected chi connectivity index (χ4v) is 1.68. The van der Waals surface area contributed by atoms with E-state index in [1.54, 1.807) is 7.11 Å². The molecule has 0 spiro atoms. The van der Waals surface area contributed by atoms with Gasteiger partial charge in [0.05, 0.1) is 0 Å². The fourth-order valence-electron chi connectivity index (χ4n) is 1.68. The van der Waals surface area contributed by atoms with Gasteiger partial charge in [-0.2, -0.15) is 0 Å². The van der Waals surface area contributed by atoms with Gasteiger partial charge in [-0.05, 0) is 25.2 Å². The van der Waals surface area contributed by atoms with Crippen LogP contribution in [0.3, 0.4) is 0 Å². The maximum absolute atomic E-state index is 5.09. The highest BCUT2D eigenvalue weighted by Gasteiger charge is 2.23. The van der Waals surface area contributed by atoms with Gasteiger partial charge in [0.2, 0.25) is 0 Å². The first-order valence-electron chi connectivity index (χ1n) is 5.44. The van der Waals surface area contributed by atoms with Crippen LogP contribution in [0.1, 0.15) is 33.1 Å². The standard InChI is InChI=1S/C11H23NO/c1-9(8-13-3)7-12-10(2)6-11-4-5-11/h9-12H,4-8H2,1-3H3. The lowest BCUT2D eigenvalue weighted by molar-refractivity contribution is 0.157. The summed E-state index contributed by atoms with van der Waals surface area (Å²) in [6.45, 7) is 6.46. The van der Waals surface area contributed by atoms with Gasteiger partial charge in [-0.1, -0.05) is 19.8 Å². The predicted molar refractivity (Wildman–Crippen MR) is 55.8 cm³/mol. The molecular formula is C11H23NO. The van der Waals surface area contributed by atoms with Crippen LogP contribution in [0.25, 0.3) is 0 Å². The van der Waals surface area contributed by atoms with Crippen LogP contribution >= 0.6 is 0 Å². The maximum atomic E-state index is 5.09. The molecule has 2 heteroatoms. The van der Waals surface area contributed by atoms with E-state index in [0.717, 1.165) is 19.1 Å². The molecule has 2 atom stereocenters. The first-order chi connectivity index (χ1) is 6.22. The zero-order valence-electron chi connectivity index (χ0n) is 9.18. The summed E-state index contributed by atoms with van der Waals surface area (Å²) in [5, 5.41) is 3.56. The topological polar surface area (TPSA) is 21.3 Å². The van der Waals surface area contributed by atoms with Gasteiger partial charge in [0, 0.05) is 26.3 Å². The molecule has 2 nitrogen and oxygen atoms in total. The van der Waals surface area contributed by atoms with Crippen LogP contribution in [0.2, 0.25) is 0 Å². The minimum absolute atomic E-state index is 0.631. The van der Waals surface area contributed by atoms with E-state index in [1.807, 2.05) is 0 Å². The fraction of sp³-hybridized carbons (Fsp3) is 1.00. The van der Waals surface area contributed by atoms with Crippen molar-refractivity contribution in [3.05, 3.63) is 0 Å². The molecule has 1 fully saturated rings. The summed E-state index contributed by atoms with van der Waals surface area (Å²) in [5.41, 5.74) is 0. The second-order valence-corrected chi connectivity index (χ2v) is 4.55. The Morgan fingerprint density at radius 2 is 2.08 bits per heavy atom. The highest BCUT2D eigenvalue weighted by atomic mass is 16.5. The van der Waals surface area contributed by atoms with Gasteiger partial charge in [-0.25, -0.2) is 0 Å². The van der Waals surface area contributed by atoms with Gasteiger partial charge >= 0.3 is 0 Å². The summed E-state index contributed by atoms with van der Waals surface area (Å²) >= 11 is 0. The Bertz CT molecular complexity index is 134. The molecular weight excluding hydrogens is 162 g/mol. The Morgan fingerprint density at radius 1 is 1.38 bits per heavy atom. The molecule has 1 aliphatic carbocycles. The summed E-state index contributed by atoms with van der Waals surface area (Å²) < 4.78 is 5.09. The molecule has 13 heavy (non-hydrogen) atoms. The van der Waals surface area contributed by atoms with E-state index in [2.05, 4.69) is 19.2 Å². The van der Waals surface area contributed by atoms with Crippen LogP contribution in [-0.2, 0) is 4.74 Å². The SMILES string of the molecule is COCC(C)CNC(C)CC1CC1. The van der Waals surface area contributed by atoms with Crippen molar-refractivity contribution in [1.82, 2.24) is 5.32 Å². The minimum Gasteiger partial charge on any atom is -0.384 e. The Balaban J connectivity index is 1.96. The first kappa shape index (κ1) is 11.0. The van der Waals surface area contributed by atoms with Crippen LogP contribution in [-0.4, -0.2) is 26.3 Å². The normalized spacial score (nSPS) is 21.5. The molecule has 1 rings (SSSR count). The van der Waals surface area contributed by atoms with Crippen molar-refractivity contribution in [1.29, 1.82) is 0 Å². The zero-order chi connectivity index (χ0) is 9.68. The highest BCUT2D eigenvalue weighted by Crippen LogP contribution is 2.33. The third-order valence-electron chi connectivity index (χ3n) is 2.65. The van der Waals surface area contributed by atoms with E-state index in [4.69, 9.17) is 4.74 Å². The molecule has 1 N–H and O–H groups in total. The molecule has 0 bridgehead atoms. The smallest absolute Gasteiger partial charge is 0.0499 e. The van der Waals surface area contributed by atoms with Crippen LogP contribution in [0, 0.1) is 11.8 Å². The van der Waals surface area contributed by atoms with E-state index in [9.17, 15) is 0 Å². The van der Waals surface area contributed by atoms with Crippen molar-refractivity contribution in [3.8, 4) is 0 Å². The molecule has 0 aromatic carbocycles. The predicted octanol–water partition coefficient (Wildman–Crippen LogP) is 2.05. The van der Waals surface area contributed by atoms with E-state index in [1.165, 1.54) is 19.3 Å². The average molecular weight is 185 g/mol. The molecule has 1 aliphatic rings. The summed E-state index contributed by atoms with van der Waals surface area (Å²) in [7, 11) is 1.77. The largest absolute Gasteiger partial charge is 0.384 e. The second-order valence-electron chi connectivity index (χ2n) is 4.55. The van der Waals surface area contributed by atoms with Crippen LogP contribution < -0.4 is 5.32 Å². The van der Waals surface area contributed by atoms with E-state index >= 15 is 0 Å². The van der Waals surface area contributed by atoms with Crippen LogP contribution in [0.5, 0.6) is 0 Å². The second kappa shape index (κ2) is 5.61. The van der Waals surface area contributed by atoms with E-state index < -0.39 is 0 Å². The number of methoxy groups -OCH3 is 1. The molecule has 0 aliphatic heterocycles. The summed E-state index contributed by atoms with van der Waals surface area (Å²) in [4.78, 5) is 0. The van der Waals surface area contributed by atoms with E-state index in [0.29, 0.717) is 12.0 Å². The number of hydrogen-bond donors (Lipinski definition) is 1. The lowest BCUT2D eigenvalue weighted by Crippen LogP contribution is -2.32. The average Bonchev–Trinajstić information content (AvgIpc) is 2.85. The van der Waals surface area contributed by atoms with Crippen molar-refractivity contribution in [2.24, 2.45) is 11.8 Å². The lowest BCUT2D eigenvalue weighted by atomic mass is 10.1. The van der Waals surface area contributed by atoms with Crippen molar-refractivity contribution >= 4 is 0 Å². The quantitative estimate of drug-likeness (QED) is 0.655. The number of rotatable bonds is 7. The monoisotopic (exact) mass is 185 g/mol.